The first-order valence-electron chi connectivity index (χ1n) is 6.13. The quantitative estimate of drug-likeness (QED) is 0.874. The van der Waals surface area contributed by atoms with Crippen molar-refractivity contribution < 1.29 is 18.0 Å². The van der Waals surface area contributed by atoms with Crippen molar-refractivity contribution in [2.75, 3.05) is 0 Å². The molecule has 0 saturated heterocycles. The van der Waals surface area contributed by atoms with E-state index in [9.17, 15) is 22.8 Å². The summed E-state index contributed by atoms with van der Waals surface area (Å²) in [5.41, 5.74) is 0.0707. The van der Waals surface area contributed by atoms with Gasteiger partial charge in [0, 0.05) is 12.7 Å². The normalized spacial score (nSPS) is 11.5. The van der Waals surface area contributed by atoms with E-state index in [1.54, 1.807) is 13.0 Å². The number of rotatable bonds is 3. The van der Waals surface area contributed by atoms with Crippen molar-refractivity contribution in [1.82, 2.24) is 25.1 Å². The summed E-state index contributed by atoms with van der Waals surface area (Å²) in [7, 11) is 1.51. The van der Waals surface area contributed by atoms with E-state index in [0.717, 1.165) is 0 Å². The molecule has 2 aromatic rings. The van der Waals surface area contributed by atoms with Crippen molar-refractivity contribution in [3.8, 4) is 0 Å². The SMILES string of the molecule is Cc1ccc(C(=O)NCc2nc(C(F)(F)F)n[nH]2)c(=O)n1C. The Morgan fingerprint density at radius 1 is 1.41 bits per heavy atom. The van der Waals surface area contributed by atoms with Gasteiger partial charge in [0.05, 0.1) is 6.54 Å². The van der Waals surface area contributed by atoms with E-state index >= 15 is 0 Å². The van der Waals surface area contributed by atoms with Crippen molar-refractivity contribution in [3.05, 3.63) is 45.4 Å². The second-order valence-corrected chi connectivity index (χ2v) is 4.54. The summed E-state index contributed by atoms with van der Waals surface area (Å²) in [6, 6.07) is 2.95. The standard InChI is InChI=1S/C12H12F3N5O2/c1-6-3-4-7(10(22)20(6)2)9(21)16-5-8-17-11(19-18-8)12(13,14)15/h3-4H,5H2,1-2H3,(H,16,21)(H,17,18,19). The average Bonchev–Trinajstić information content (AvgIpc) is 2.91. The van der Waals surface area contributed by atoms with E-state index in [1.807, 2.05) is 0 Å². The Morgan fingerprint density at radius 3 is 2.68 bits per heavy atom. The van der Waals surface area contributed by atoms with Crippen molar-refractivity contribution >= 4 is 5.91 Å². The number of alkyl halides is 3. The minimum Gasteiger partial charge on any atom is -0.345 e. The molecular weight excluding hydrogens is 303 g/mol. The van der Waals surface area contributed by atoms with Gasteiger partial charge in [0.25, 0.3) is 17.3 Å². The van der Waals surface area contributed by atoms with Gasteiger partial charge in [0.1, 0.15) is 11.4 Å². The number of aromatic amines is 1. The van der Waals surface area contributed by atoms with Crippen molar-refractivity contribution in [2.45, 2.75) is 19.6 Å². The van der Waals surface area contributed by atoms with Gasteiger partial charge in [-0.2, -0.15) is 13.2 Å². The van der Waals surface area contributed by atoms with Gasteiger partial charge in [-0.1, -0.05) is 0 Å². The molecule has 2 heterocycles. The molecule has 2 aromatic heterocycles. The second-order valence-electron chi connectivity index (χ2n) is 4.54. The molecule has 22 heavy (non-hydrogen) atoms. The van der Waals surface area contributed by atoms with E-state index in [1.165, 1.54) is 17.7 Å². The van der Waals surface area contributed by atoms with Gasteiger partial charge in [-0.25, -0.2) is 4.98 Å². The lowest BCUT2D eigenvalue weighted by Crippen LogP contribution is -2.32. The van der Waals surface area contributed by atoms with Crippen LogP contribution in [0.1, 0.15) is 27.7 Å². The largest absolute Gasteiger partial charge is 0.453 e. The second kappa shape index (κ2) is 5.62. The third kappa shape index (κ3) is 3.15. The Labute approximate surface area is 122 Å². The van der Waals surface area contributed by atoms with Gasteiger partial charge >= 0.3 is 6.18 Å². The number of carbonyl (C=O) groups excluding carboxylic acids is 1. The number of hydrogen-bond acceptors (Lipinski definition) is 4. The zero-order valence-corrected chi connectivity index (χ0v) is 11.7. The Morgan fingerprint density at radius 2 is 2.09 bits per heavy atom. The predicted octanol–water partition coefficient (Wildman–Crippen LogP) is 0.761. The summed E-state index contributed by atoms with van der Waals surface area (Å²) in [6.07, 6.45) is -4.66. The van der Waals surface area contributed by atoms with Crippen LogP contribution in [0.2, 0.25) is 0 Å². The van der Waals surface area contributed by atoms with Gasteiger partial charge in [-0.15, -0.1) is 5.10 Å². The van der Waals surface area contributed by atoms with Gasteiger partial charge in [0.2, 0.25) is 0 Å². The van der Waals surface area contributed by atoms with E-state index < -0.39 is 23.5 Å². The van der Waals surface area contributed by atoms with Crippen LogP contribution in [0.3, 0.4) is 0 Å². The van der Waals surface area contributed by atoms with Crippen LogP contribution in [-0.2, 0) is 19.8 Å². The lowest BCUT2D eigenvalue weighted by Gasteiger charge is -2.07. The minimum atomic E-state index is -4.66. The number of amides is 1. The summed E-state index contributed by atoms with van der Waals surface area (Å²) in [5, 5.41) is 7.39. The highest BCUT2D eigenvalue weighted by Crippen LogP contribution is 2.25. The molecule has 0 radical (unpaired) electrons. The summed E-state index contributed by atoms with van der Waals surface area (Å²) < 4.78 is 38.3. The number of aromatic nitrogens is 4. The van der Waals surface area contributed by atoms with Crippen molar-refractivity contribution in [3.63, 3.8) is 0 Å². The van der Waals surface area contributed by atoms with E-state index in [4.69, 9.17) is 0 Å². The lowest BCUT2D eigenvalue weighted by atomic mass is 10.2. The molecule has 0 atom stereocenters. The van der Waals surface area contributed by atoms with E-state index in [2.05, 4.69) is 20.5 Å². The highest BCUT2D eigenvalue weighted by atomic mass is 19.4. The van der Waals surface area contributed by atoms with Crippen LogP contribution >= 0.6 is 0 Å². The summed E-state index contributed by atoms with van der Waals surface area (Å²) in [6.45, 7) is 1.40. The Bertz CT molecular complexity index is 763. The molecule has 118 valence electrons. The van der Waals surface area contributed by atoms with Gasteiger partial charge < -0.3 is 9.88 Å². The van der Waals surface area contributed by atoms with Crippen molar-refractivity contribution in [2.24, 2.45) is 7.05 Å². The number of pyridine rings is 1. The fraction of sp³-hybridized carbons (Fsp3) is 0.333. The molecule has 2 N–H and O–H groups in total. The number of halogens is 3. The van der Waals surface area contributed by atoms with E-state index in [-0.39, 0.29) is 17.9 Å². The molecular formula is C12H12F3N5O2. The fourth-order valence-electron chi connectivity index (χ4n) is 1.66. The first-order chi connectivity index (χ1) is 10.2. The zero-order chi connectivity index (χ0) is 16.5. The molecule has 2 rings (SSSR count). The molecule has 0 bridgehead atoms. The first kappa shape index (κ1) is 15.7. The Hall–Kier alpha value is -2.65. The predicted molar refractivity (Wildman–Crippen MR) is 69.0 cm³/mol. The molecule has 0 aliphatic carbocycles. The van der Waals surface area contributed by atoms with E-state index in [0.29, 0.717) is 5.69 Å². The average molecular weight is 315 g/mol. The first-order valence-corrected chi connectivity index (χ1v) is 6.13. The summed E-state index contributed by atoms with van der Waals surface area (Å²) in [5.74, 6) is -2.18. The molecule has 0 spiro atoms. The molecule has 7 nitrogen and oxygen atoms in total. The molecule has 10 heteroatoms. The minimum absolute atomic E-state index is 0.108. The molecule has 1 amide bonds. The maximum atomic E-state index is 12.3. The number of carbonyl (C=O) groups is 1. The fourth-order valence-corrected chi connectivity index (χ4v) is 1.66. The number of aryl methyl sites for hydroxylation is 1. The number of nitrogens with zero attached hydrogens (tertiary/aromatic N) is 3. The van der Waals surface area contributed by atoms with Crippen LogP contribution in [0.5, 0.6) is 0 Å². The monoisotopic (exact) mass is 315 g/mol. The smallest absolute Gasteiger partial charge is 0.345 e. The van der Waals surface area contributed by atoms with Crippen molar-refractivity contribution in [1.29, 1.82) is 0 Å². The highest BCUT2D eigenvalue weighted by Gasteiger charge is 2.36. The maximum Gasteiger partial charge on any atom is 0.453 e. The molecule has 0 saturated carbocycles. The maximum absolute atomic E-state index is 12.3. The molecule has 0 unspecified atom stereocenters. The number of nitrogens with one attached hydrogen (secondary N) is 2. The van der Waals surface area contributed by atoms with Gasteiger partial charge in [-0.3, -0.25) is 14.7 Å². The van der Waals surface area contributed by atoms with Crippen LogP contribution in [-0.4, -0.2) is 25.7 Å². The van der Waals surface area contributed by atoms with Gasteiger partial charge in [-0.05, 0) is 19.1 Å². The van der Waals surface area contributed by atoms with Crippen LogP contribution < -0.4 is 10.9 Å². The van der Waals surface area contributed by atoms with Crippen LogP contribution in [0.25, 0.3) is 0 Å². The zero-order valence-electron chi connectivity index (χ0n) is 11.7. The molecule has 0 aromatic carbocycles. The Balaban J connectivity index is 2.09. The number of hydrogen-bond donors (Lipinski definition) is 2. The van der Waals surface area contributed by atoms with Crippen LogP contribution in [0, 0.1) is 6.92 Å². The summed E-state index contributed by atoms with van der Waals surface area (Å²) in [4.78, 5) is 27.0. The molecule has 0 aliphatic heterocycles. The lowest BCUT2D eigenvalue weighted by molar-refractivity contribution is -0.144. The van der Waals surface area contributed by atoms with Crippen LogP contribution in [0.15, 0.2) is 16.9 Å². The Kier molecular flexibility index (Phi) is 4.02. The summed E-state index contributed by atoms with van der Waals surface area (Å²) >= 11 is 0. The molecule has 0 fully saturated rings. The highest BCUT2D eigenvalue weighted by molar-refractivity contribution is 5.93. The number of H-pyrrole nitrogens is 1. The van der Waals surface area contributed by atoms with Crippen LogP contribution in [0.4, 0.5) is 13.2 Å². The molecule has 0 aliphatic rings. The third-order valence-corrected chi connectivity index (χ3v) is 3.00. The third-order valence-electron chi connectivity index (χ3n) is 3.00. The topological polar surface area (TPSA) is 92.7 Å². The van der Waals surface area contributed by atoms with Gasteiger partial charge in [0.15, 0.2) is 0 Å².